The molecule has 0 spiro atoms. The van der Waals surface area contributed by atoms with Crippen LogP contribution in [0.3, 0.4) is 0 Å². The second kappa shape index (κ2) is 5.72. The zero-order valence-electron chi connectivity index (χ0n) is 9.81. The summed E-state index contributed by atoms with van der Waals surface area (Å²) in [6, 6.07) is 0. The molecule has 1 aliphatic rings. The normalized spacial score (nSPS) is 21.6. The summed E-state index contributed by atoms with van der Waals surface area (Å²) < 4.78 is 11.0. The molecule has 90 valence electrons. The Bertz CT molecular complexity index is 324. The highest BCUT2D eigenvalue weighted by atomic mass is 32.1. The van der Waals surface area contributed by atoms with Gasteiger partial charge in [0.05, 0.1) is 30.9 Å². The molecule has 0 saturated carbocycles. The van der Waals surface area contributed by atoms with E-state index in [4.69, 9.17) is 9.47 Å². The molecule has 2 heterocycles. The summed E-state index contributed by atoms with van der Waals surface area (Å²) in [5.74, 6) is 0. The highest BCUT2D eigenvalue weighted by molar-refractivity contribution is 7.11. The molecule has 1 aliphatic heterocycles. The lowest BCUT2D eigenvalue weighted by atomic mass is 10.3. The first-order chi connectivity index (χ1) is 7.74. The van der Waals surface area contributed by atoms with Crippen molar-refractivity contribution in [1.29, 1.82) is 0 Å². The van der Waals surface area contributed by atoms with Gasteiger partial charge < -0.3 is 9.47 Å². The lowest BCUT2D eigenvalue weighted by Gasteiger charge is -2.27. The minimum Gasteiger partial charge on any atom is -0.376 e. The van der Waals surface area contributed by atoms with Crippen LogP contribution in [0.4, 0.5) is 0 Å². The van der Waals surface area contributed by atoms with Crippen molar-refractivity contribution < 1.29 is 9.47 Å². The van der Waals surface area contributed by atoms with Crippen molar-refractivity contribution >= 4 is 11.3 Å². The van der Waals surface area contributed by atoms with Crippen molar-refractivity contribution in [1.82, 2.24) is 9.88 Å². The fourth-order valence-corrected chi connectivity index (χ4v) is 2.67. The number of hydrogen-bond acceptors (Lipinski definition) is 5. The molecule has 1 atom stereocenters. The Morgan fingerprint density at radius 2 is 2.44 bits per heavy atom. The Balaban J connectivity index is 1.77. The number of thiazole rings is 1. The van der Waals surface area contributed by atoms with Gasteiger partial charge in [-0.3, -0.25) is 4.90 Å². The quantitative estimate of drug-likeness (QED) is 0.797. The Morgan fingerprint density at radius 1 is 1.56 bits per heavy atom. The van der Waals surface area contributed by atoms with Crippen molar-refractivity contribution in [2.45, 2.75) is 19.6 Å². The zero-order valence-corrected chi connectivity index (χ0v) is 10.6. The lowest BCUT2D eigenvalue weighted by molar-refractivity contribution is -0.0962. The van der Waals surface area contributed by atoms with E-state index in [9.17, 15) is 0 Å². The SMILES string of the molecule is Cc1ncc(CN(C)CC2COCCO2)s1. The van der Waals surface area contributed by atoms with E-state index >= 15 is 0 Å². The maximum Gasteiger partial charge on any atom is 0.0936 e. The summed E-state index contributed by atoms with van der Waals surface area (Å²) in [4.78, 5) is 7.81. The number of nitrogens with zero attached hydrogens (tertiary/aromatic N) is 2. The van der Waals surface area contributed by atoms with Gasteiger partial charge in [-0.15, -0.1) is 11.3 Å². The molecule has 0 N–H and O–H groups in total. The standard InChI is InChI=1S/C11H18N2O2S/c1-9-12-5-11(16-9)7-13(2)6-10-8-14-3-4-15-10/h5,10H,3-4,6-8H2,1-2H3. The Labute approximate surface area is 100 Å². The van der Waals surface area contributed by atoms with E-state index in [2.05, 4.69) is 16.9 Å². The van der Waals surface area contributed by atoms with E-state index in [-0.39, 0.29) is 6.10 Å². The number of aryl methyl sites for hydroxylation is 1. The molecule has 5 heteroatoms. The van der Waals surface area contributed by atoms with Crippen LogP contribution in [0.1, 0.15) is 9.88 Å². The Kier molecular flexibility index (Phi) is 4.29. The topological polar surface area (TPSA) is 34.6 Å². The van der Waals surface area contributed by atoms with Gasteiger partial charge in [0.25, 0.3) is 0 Å². The number of rotatable bonds is 4. The van der Waals surface area contributed by atoms with E-state index in [1.54, 1.807) is 11.3 Å². The first-order valence-corrected chi connectivity index (χ1v) is 6.35. The van der Waals surface area contributed by atoms with Crippen LogP contribution in [0.2, 0.25) is 0 Å². The fraction of sp³-hybridized carbons (Fsp3) is 0.727. The van der Waals surface area contributed by atoms with Gasteiger partial charge in [-0.2, -0.15) is 0 Å². The van der Waals surface area contributed by atoms with Gasteiger partial charge in [0.15, 0.2) is 0 Å². The molecule has 0 aromatic carbocycles. The number of aromatic nitrogens is 1. The Morgan fingerprint density at radius 3 is 3.06 bits per heavy atom. The largest absolute Gasteiger partial charge is 0.376 e. The van der Waals surface area contributed by atoms with E-state index < -0.39 is 0 Å². The molecule has 4 nitrogen and oxygen atoms in total. The van der Waals surface area contributed by atoms with Crippen LogP contribution in [0.15, 0.2) is 6.20 Å². The summed E-state index contributed by atoms with van der Waals surface area (Å²) >= 11 is 1.75. The van der Waals surface area contributed by atoms with Gasteiger partial charge in [0.1, 0.15) is 0 Å². The summed E-state index contributed by atoms with van der Waals surface area (Å²) in [7, 11) is 2.10. The summed E-state index contributed by atoms with van der Waals surface area (Å²) in [5.41, 5.74) is 0. The second-order valence-electron chi connectivity index (χ2n) is 4.11. The van der Waals surface area contributed by atoms with Crippen molar-refractivity contribution in [3.63, 3.8) is 0 Å². The number of hydrogen-bond donors (Lipinski definition) is 0. The maximum atomic E-state index is 5.61. The van der Waals surface area contributed by atoms with Crippen molar-refractivity contribution in [2.75, 3.05) is 33.4 Å². The minimum absolute atomic E-state index is 0.216. The predicted molar refractivity (Wildman–Crippen MR) is 63.7 cm³/mol. The maximum absolute atomic E-state index is 5.61. The first kappa shape index (κ1) is 12.0. The molecule has 1 aromatic rings. The molecular formula is C11H18N2O2S. The molecule has 1 fully saturated rings. The van der Waals surface area contributed by atoms with Gasteiger partial charge in [-0.1, -0.05) is 0 Å². The number of likely N-dealkylation sites (N-methyl/N-ethyl adjacent to an activating group) is 1. The molecule has 1 saturated heterocycles. The summed E-state index contributed by atoms with van der Waals surface area (Å²) in [6.45, 7) is 6.05. The van der Waals surface area contributed by atoms with E-state index in [1.165, 1.54) is 4.88 Å². The molecule has 0 amide bonds. The van der Waals surface area contributed by atoms with Crippen molar-refractivity contribution in [3.05, 3.63) is 16.1 Å². The molecule has 1 unspecified atom stereocenters. The van der Waals surface area contributed by atoms with Crippen LogP contribution in [-0.4, -0.2) is 49.4 Å². The third-order valence-electron chi connectivity index (χ3n) is 2.50. The monoisotopic (exact) mass is 242 g/mol. The third kappa shape index (κ3) is 3.52. The molecule has 16 heavy (non-hydrogen) atoms. The second-order valence-corrected chi connectivity index (χ2v) is 5.43. The molecule has 0 bridgehead atoms. The van der Waals surface area contributed by atoms with Crippen LogP contribution in [0.25, 0.3) is 0 Å². The van der Waals surface area contributed by atoms with Crippen LogP contribution in [-0.2, 0) is 16.0 Å². The van der Waals surface area contributed by atoms with Gasteiger partial charge >= 0.3 is 0 Å². The highest BCUT2D eigenvalue weighted by Crippen LogP contribution is 2.14. The first-order valence-electron chi connectivity index (χ1n) is 5.53. The molecule has 0 aliphatic carbocycles. The van der Waals surface area contributed by atoms with Crippen LogP contribution in [0, 0.1) is 6.92 Å². The summed E-state index contributed by atoms with van der Waals surface area (Å²) in [6.07, 6.45) is 2.17. The van der Waals surface area contributed by atoms with Crippen LogP contribution >= 0.6 is 11.3 Å². The summed E-state index contributed by atoms with van der Waals surface area (Å²) in [5, 5.41) is 1.13. The third-order valence-corrected chi connectivity index (χ3v) is 3.39. The highest BCUT2D eigenvalue weighted by Gasteiger charge is 2.16. The molecule has 2 rings (SSSR count). The molecule has 1 aromatic heterocycles. The van der Waals surface area contributed by atoms with Crippen molar-refractivity contribution in [3.8, 4) is 0 Å². The average Bonchev–Trinajstić information content (AvgIpc) is 2.65. The van der Waals surface area contributed by atoms with Crippen molar-refractivity contribution in [2.24, 2.45) is 0 Å². The van der Waals surface area contributed by atoms with Gasteiger partial charge in [-0.25, -0.2) is 4.98 Å². The van der Waals surface area contributed by atoms with Gasteiger partial charge in [0, 0.05) is 24.2 Å². The Hall–Kier alpha value is -0.490. The minimum atomic E-state index is 0.216. The van der Waals surface area contributed by atoms with E-state index in [0.717, 1.165) is 31.3 Å². The predicted octanol–water partition coefficient (Wildman–Crippen LogP) is 1.30. The lowest BCUT2D eigenvalue weighted by Crippen LogP contribution is -2.38. The van der Waals surface area contributed by atoms with E-state index in [1.807, 2.05) is 13.1 Å². The van der Waals surface area contributed by atoms with Crippen LogP contribution < -0.4 is 0 Å². The average molecular weight is 242 g/mol. The molecule has 0 radical (unpaired) electrons. The van der Waals surface area contributed by atoms with E-state index in [0.29, 0.717) is 6.61 Å². The fourth-order valence-electron chi connectivity index (χ4n) is 1.80. The van der Waals surface area contributed by atoms with Crippen LogP contribution in [0.5, 0.6) is 0 Å². The molecular weight excluding hydrogens is 224 g/mol. The van der Waals surface area contributed by atoms with Gasteiger partial charge in [-0.05, 0) is 14.0 Å². The number of ether oxygens (including phenoxy) is 2. The smallest absolute Gasteiger partial charge is 0.0936 e. The zero-order chi connectivity index (χ0) is 11.4. The van der Waals surface area contributed by atoms with Gasteiger partial charge in [0.2, 0.25) is 0 Å².